The molecule has 2 aromatic carbocycles. The molecule has 0 fully saturated rings. The summed E-state index contributed by atoms with van der Waals surface area (Å²) in [6.07, 6.45) is 1.22. The van der Waals surface area contributed by atoms with Crippen LogP contribution in [-0.4, -0.2) is 15.9 Å². The van der Waals surface area contributed by atoms with Crippen molar-refractivity contribution in [3.8, 4) is 0 Å². The van der Waals surface area contributed by atoms with Crippen molar-refractivity contribution in [2.24, 2.45) is 0 Å². The third kappa shape index (κ3) is 3.77. The van der Waals surface area contributed by atoms with Crippen LogP contribution in [0.3, 0.4) is 0 Å². The van der Waals surface area contributed by atoms with Crippen molar-refractivity contribution in [2.45, 2.75) is 0 Å². The van der Waals surface area contributed by atoms with Gasteiger partial charge in [0.2, 0.25) is 5.95 Å². The highest BCUT2D eigenvalue weighted by atomic mass is 19.2. The number of rotatable bonds is 4. The quantitative estimate of drug-likeness (QED) is 0.688. The number of nitrogens with zero attached hydrogens (tertiary/aromatic N) is 2. The zero-order chi connectivity index (χ0) is 18.7. The number of para-hydroxylation sites is 1. The summed E-state index contributed by atoms with van der Waals surface area (Å²) in [6.45, 7) is 0. The van der Waals surface area contributed by atoms with Crippen LogP contribution in [0.4, 0.5) is 34.9 Å². The van der Waals surface area contributed by atoms with E-state index in [0.29, 0.717) is 0 Å². The van der Waals surface area contributed by atoms with Crippen molar-refractivity contribution in [3.63, 3.8) is 0 Å². The Morgan fingerprint density at radius 2 is 1.62 bits per heavy atom. The first-order valence-electron chi connectivity index (χ1n) is 7.24. The van der Waals surface area contributed by atoms with Gasteiger partial charge in [0.15, 0.2) is 11.6 Å². The monoisotopic (exact) mass is 362 g/mol. The average molecular weight is 362 g/mol. The minimum absolute atomic E-state index is 0.0855. The highest BCUT2D eigenvalue weighted by Gasteiger charge is 2.15. The van der Waals surface area contributed by atoms with Gasteiger partial charge in [0, 0.05) is 18.0 Å². The molecule has 26 heavy (non-hydrogen) atoms. The summed E-state index contributed by atoms with van der Waals surface area (Å²) in [4.78, 5) is 19.9. The molecule has 0 aliphatic carbocycles. The fraction of sp³-hybridized carbons (Fsp3) is 0. The van der Waals surface area contributed by atoms with E-state index in [9.17, 15) is 22.4 Å². The second-order valence-electron chi connectivity index (χ2n) is 5.07. The van der Waals surface area contributed by atoms with Crippen LogP contribution in [0.25, 0.3) is 0 Å². The average Bonchev–Trinajstić information content (AvgIpc) is 2.61. The van der Waals surface area contributed by atoms with Crippen molar-refractivity contribution < 1.29 is 22.4 Å². The first kappa shape index (κ1) is 17.3. The van der Waals surface area contributed by atoms with E-state index >= 15 is 0 Å². The van der Waals surface area contributed by atoms with E-state index in [0.717, 1.165) is 30.3 Å². The van der Waals surface area contributed by atoms with Gasteiger partial charge in [-0.15, -0.1) is 0 Å². The SMILES string of the molecule is O=C(Nc1c(F)cccc1F)c1ccnc(Nc2ccc(F)c(F)c2)n1. The first-order valence-corrected chi connectivity index (χ1v) is 7.24. The van der Waals surface area contributed by atoms with Crippen molar-refractivity contribution in [1.82, 2.24) is 9.97 Å². The lowest BCUT2D eigenvalue weighted by molar-refractivity contribution is 0.102. The van der Waals surface area contributed by atoms with Crippen molar-refractivity contribution in [1.29, 1.82) is 0 Å². The van der Waals surface area contributed by atoms with Crippen LogP contribution in [0.2, 0.25) is 0 Å². The maximum Gasteiger partial charge on any atom is 0.274 e. The number of aromatic nitrogens is 2. The minimum atomic E-state index is -1.07. The van der Waals surface area contributed by atoms with Gasteiger partial charge in [-0.3, -0.25) is 4.79 Å². The Kier molecular flexibility index (Phi) is 4.78. The van der Waals surface area contributed by atoms with Crippen molar-refractivity contribution in [3.05, 3.63) is 77.6 Å². The first-order chi connectivity index (χ1) is 12.4. The van der Waals surface area contributed by atoms with E-state index in [1.54, 1.807) is 0 Å². The van der Waals surface area contributed by atoms with Crippen molar-refractivity contribution in [2.75, 3.05) is 10.6 Å². The highest BCUT2D eigenvalue weighted by Crippen LogP contribution is 2.19. The fourth-order valence-electron chi connectivity index (χ4n) is 2.04. The van der Waals surface area contributed by atoms with Crippen LogP contribution >= 0.6 is 0 Å². The third-order valence-electron chi connectivity index (χ3n) is 3.27. The summed E-state index contributed by atoms with van der Waals surface area (Å²) in [5.41, 5.74) is -0.638. The van der Waals surface area contributed by atoms with Gasteiger partial charge < -0.3 is 10.6 Å². The molecule has 1 heterocycles. The molecule has 1 aromatic heterocycles. The van der Waals surface area contributed by atoms with E-state index < -0.39 is 34.9 Å². The summed E-state index contributed by atoms with van der Waals surface area (Å²) in [5.74, 6) is -4.92. The Hall–Kier alpha value is -3.49. The number of benzene rings is 2. The second-order valence-corrected chi connectivity index (χ2v) is 5.07. The molecule has 0 radical (unpaired) electrons. The molecule has 0 unspecified atom stereocenters. The largest absolute Gasteiger partial charge is 0.324 e. The molecule has 3 aromatic rings. The molecule has 3 rings (SSSR count). The fourth-order valence-corrected chi connectivity index (χ4v) is 2.04. The Labute approximate surface area is 144 Å². The maximum atomic E-state index is 13.6. The number of hydrogen-bond acceptors (Lipinski definition) is 4. The number of hydrogen-bond donors (Lipinski definition) is 2. The summed E-state index contributed by atoms with van der Waals surface area (Å²) in [7, 11) is 0. The Balaban J connectivity index is 1.80. The molecule has 9 heteroatoms. The molecule has 0 saturated heterocycles. The van der Waals surface area contributed by atoms with E-state index in [2.05, 4.69) is 20.6 Å². The van der Waals surface area contributed by atoms with Crippen LogP contribution in [0.5, 0.6) is 0 Å². The van der Waals surface area contributed by atoms with E-state index in [4.69, 9.17) is 0 Å². The lowest BCUT2D eigenvalue weighted by Gasteiger charge is -2.09. The van der Waals surface area contributed by atoms with Crippen LogP contribution in [-0.2, 0) is 0 Å². The van der Waals surface area contributed by atoms with Gasteiger partial charge in [0.05, 0.1) is 0 Å². The molecule has 2 N–H and O–H groups in total. The number of carbonyl (C=O) groups is 1. The number of carbonyl (C=O) groups excluding carboxylic acids is 1. The van der Waals surface area contributed by atoms with E-state index in [1.807, 2.05) is 0 Å². The summed E-state index contributed by atoms with van der Waals surface area (Å²) in [5, 5.41) is 4.68. The van der Waals surface area contributed by atoms with Crippen molar-refractivity contribution >= 4 is 23.2 Å². The predicted molar refractivity (Wildman–Crippen MR) is 86.0 cm³/mol. The highest BCUT2D eigenvalue weighted by molar-refractivity contribution is 6.03. The molecule has 0 spiro atoms. The molecule has 0 aliphatic heterocycles. The summed E-state index contributed by atoms with van der Waals surface area (Å²) < 4.78 is 53.3. The topological polar surface area (TPSA) is 66.9 Å². The molecule has 0 aliphatic rings. The van der Waals surface area contributed by atoms with Crippen LogP contribution < -0.4 is 10.6 Å². The van der Waals surface area contributed by atoms with Crippen LogP contribution in [0, 0.1) is 23.3 Å². The zero-order valence-electron chi connectivity index (χ0n) is 12.9. The molecule has 0 saturated carbocycles. The molecule has 5 nitrogen and oxygen atoms in total. The summed E-state index contributed by atoms with van der Waals surface area (Å²) >= 11 is 0. The predicted octanol–water partition coefficient (Wildman–Crippen LogP) is 4.03. The minimum Gasteiger partial charge on any atom is -0.324 e. The maximum absolute atomic E-state index is 13.6. The third-order valence-corrected chi connectivity index (χ3v) is 3.27. The molecular weight excluding hydrogens is 352 g/mol. The van der Waals surface area contributed by atoms with Gasteiger partial charge in [-0.25, -0.2) is 27.5 Å². The Bertz CT molecular complexity index is 960. The number of anilines is 3. The van der Waals surface area contributed by atoms with Gasteiger partial charge in [0.25, 0.3) is 5.91 Å². The standard InChI is InChI=1S/C17H10F4N4O/c18-10-5-4-9(8-13(10)21)23-17-22-7-6-14(24-17)16(26)25-15-11(19)2-1-3-12(15)20/h1-8H,(H,25,26)(H,22,23,24). The zero-order valence-corrected chi connectivity index (χ0v) is 12.9. The Morgan fingerprint density at radius 3 is 2.31 bits per heavy atom. The van der Waals surface area contributed by atoms with Gasteiger partial charge in [-0.05, 0) is 30.3 Å². The molecule has 0 bridgehead atoms. The number of amides is 1. The van der Waals surface area contributed by atoms with E-state index in [-0.39, 0.29) is 17.3 Å². The smallest absolute Gasteiger partial charge is 0.274 e. The normalized spacial score (nSPS) is 10.5. The van der Waals surface area contributed by atoms with Gasteiger partial charge >= 0.3 is 0 Å². The number of halogens is 4. The lowest BCUT2D eigenvalue weighted by atomic mass is 10.2. The van der Waals surface area contributed by atoms with Gasteiger partial charge in [-0.1, -0.05) is 6.07 Å². The van der Waals surface area contributed by atoms with Crippen LogP contribution in [0.1, 0.15) is 10.5 Å². The Morgan fingerprint density at radius 1 is 0.885 bits per heavy atom. The van der Waals surface area contributed by atoms with E-state index in [1.165, 1.54) is 18.3 Å². The van der Waals surface area contributed by atoms with Gasteiger partial charge in [0.1, 0.15) is 23.0 Å². The molecular formula is C17H10F4N4O. The summed E-state index contributed by atoms with van der Waals surface area (Å²) in [6, 6.07) is 7.43. The lowest BCUT2D eigenvalue weighted by Crippen LogP contribution is -2.16. The van der Waals surface area contributed by atoms with Crippen LogP contribution in [0.15, 0.2) is 48.7 Å². The number of nitrogens with one attached hydrogen (secondary N) is 2. The second kappa shape index (κ2) is 7.18. The molecule has 0 atom stereocenters. The molecule has 1 amide bonds. The van der Waals surface area contributed by atoms with Gasteiger partial charge in [-0.2, -0.15) is 0 Å². The molecule has 132 valence electrons.